The average molecular weight is 538 g/mol. The van der Waals surface area contributed by atoms with Gasteiger partial charge in [0.15, 0.2) is 11.5 Å². The monoisotopic (exact) mass is 537 g/mol. The summed E-state index contributed by atoms with van der Waals surface area (Å²) in [5.74, 6) is 1.61. The first-order valence-corrected chi connectivity index (χ1v) is 14.3. The highest BCUT2D eigenvalue weighted by molar-refractivity contribution is 5.77. The van der Waals surface area contributed by atoms with E-state index in [1.165, 1.54) is 29.5 Å². The van der Waals surface area contributed by atoms with Crippen LogP contribution in [0.4, 0.5) is 11.6 Å². The summed E-state index contributed by atoms with van der Waals surface area (Å²) in [7, 11) is 2.17. The van der Waals surface area contributed by atoms with Crippen LogP contribution in [0.1, 0.15) is 66.5 Å². The van der Waals surface area contributed by atoms with E-state index in [0.29, 0.717) is 47.3 Å². The van der Waals surface area contributed by atoms with E-state index in [2.05, 4.69) is 41.0 Å². The van der Waals surface area contributed by atoms with Crippen LogP contribution in [0.15, 0.2) is 47.9 Å². The van der Waals surface area contributed by atoms with Crippen molar-refractivity contribution in [1.82, 2.24) is 29.2 Å². The Morgan fingerprint density at radius 3 is 2.83 bits per heavy atom. The van der Waals surface area contributed by atoms with Gasteiger partial charge in [0, 0.05) is 25.0 Å². The van der Waals surface area contributed by atoms with Gasteiger partial charge in [0.25, 0.3) is 5.56 Å². The summed E-state index contributed by atoms with van der Waals surface area (Å²) in [6.45, 7) is 8.14. The highest BCUT2D eigenvalue weighted by Crippen LogP contribution is 2.45. The molecule has 1 unspecified atom stereocenters. The van der Waals surface area contributed by atoms with Crippen LogP contribution in [-0.4, -0.2) is 47.9 Å². The van der Waals surface area contributed by atoms with Crippen LogP contribution in [-0.2, 0) is 31.5 Å². The maximum atomic E-state index is 13.4. The first-order valence-electron chi connectivity index (χ1n) is 14.3. The molecule has 2 N–H and O–H groups in total. The average Bonchev–Trinajstić information content (AvgIpc) is 3.70. The second-order valence-electron chi connectivity index (χ2n) is 11.6. The molecule has 206 valence electrons. The van der Waals surface area contributed by atoms with Crippen molar-refractivity contribution in [2.75, 3.05) is 18.9 Å². The van der Waals surface area contributed by atoms with Gasteiger partial charge in [-0.15, -0.1) is 6.58 Å². The van der Waals surface area contributed by atoms with Crippen molar-refractivity contribution in [2.45, 2.75) is 70.1 Å². The van der Waals surface area contributed by atoms with E-state index < -0.39 is 5.60 Å². The Bertz CT molecular complexity index is 1720. The highest BCUT2D eigenvalue weighted by Gasteiger charge is 2.37. The minimum atomic E-state index is -0.959. The summed E-state index contributed by atoms with van der Waals surface area (Å²) >= 11 is 0. The largest absolute Gasteiger partial charge is 0.384 e. The normalized spacial score (nSPS) is 20.5. The molecule has 1 aromatic carbocycles. The number of hydrogen-bond acceptors (Lipinski definition) is 7. The molecule has 0 saturated heterocycles. The van der Waals surface area contributed by atoms with Crippen LogP contribution in [0.3, 0.4) is 0 Å². The Morgan fingerprint density at radius 1 is 1.20 bits per heavy atom. The molecule has 3 aromatic heterocycles. The van der Waals surface area contributed by atoms with Gasteiger partial charge in [-0.05, 0) is 91.9 Å². The maximum absolute atomic E-state index is 13.4. The molecule has 4 heterocycles. The first kappa shape index (κ1) is 25.2. The summed E-state index contributed by atoms with van der Waals surface area (Å²) < 4.78 is 3.31. The number of allylic oxidation sites excluding steroid dienone is 1. The Labute approximate surface area is 233 Å². The van der Waals surface area contributed by atoms with Crippen molar-refractivity contribution in [3.05, 3.63) is 81.4 Å². The molecule has 4 aromatic rings. The lowest BCUT2D eigenvalue weighted by Crippen LogP contribution is -2.27. The molecule has 7 rings (SSSR count). The predicted octanol–water partition coefficient (Wildman–Crippen LogP) is 4.32. The number of likely N-dealkylation sites (N-methyl/N-ethyl adjacent to an activating group) is 1. The summed E-state index contributed by atoms with van der Waals surface area (Å²) in [6.07, 6.45) is 8.87. The number of aliphatic hydroxyl groups is 1. The molecule has 1 fully saturated rings. The number of fused-ring (bicyclic) bond motifs is 3. The van der Waals surface area contributed by atoms with Crippen molar-refractivity contribution in [3.63, 3.8) is 0 Å². The molecule has 3 aliphatic rings. The van der Waals surface area contributed by atoms with E-state index in [1.807, 2.05) is 19.1 Å². The molecule has 1 atom stereocenters. The molecule has 9 heteroatoms. The lowest BCUT2D eigenvalue weighted by molar-refractivity contribution is 0.0306. The van der Waals surface area contributed by atoms with Crippen LogP contribution >= 0.6 is 0 Å². The Balaban J connectivity index is 1.33. The predicted molar refractivity (Wildman–Crippen MR) is 155 cm³/mol. The zero-order valence-corrected chi connectivity index (χ0v) is 23.2. The van der Waals surface area contributed by atoms with E-state index in [9.17, 15) is 9.90 Å². The third-order valence-electron chi connectivity index (χ3n) is 8.83. The number of benzene rings is 1. The molecule has 1 saturated carbocycles. The quantitative estimate of drug-likeness (QED) is 0.339. The van der Waals surface area contributed by atoms with Gasteiger partial charge < -0.3 is 15.3 Å². The van der Waals surface area contributed by atoms with Gasteiger partial charge in [-0.3, -0.25) is 4.79 Å². The zero-order valence-electron chi connectivity index (χ0n) is 23.2. The standard InChI is InChI=1S/C31H35N7O2/c1-4-13-37-29(39)25-17-32-30(33-22-15-21-18-36(3)14-11-23(21)24(16-22)19-6-7-19)35-28(25)38(37)26-9-8-20-10-12-31(40,5-2)27(20)34-26/h4,8-9,15-17,19,40H,1,5-7,10-14,18H2,2-3H3,(H,32,33,35). The SMILES string of the molecule is C=CCn1c(=O)c2cnc(Nc3cc4c(c(C5CC5)c3)CCN(C)C4)nc2n1-c1ccc2c(n1)C(O)(CC)CC2. The van der Waals surface area contributed by atoms with E-state index in [1.54, 1.807) is 21.6 Å². The highest BCUT2D eigenvalue weighted by atomic mass is 16.3. The number of aromatic nitrogens is 5. The summed E-state index contributed by atoms with van der Waals surface area (Å²) in [5, 5.41) is 15.0. The van der Waals surface area contributed by atoms with Crippen molar-refractivity contribution < 1.29 is 5.11 Å². The number of aryl methyl sites for hydroxylation is 1. The van der Waals surface area contributed by atoms with Crippen LogP contribution in [0.2, 0.25) is 0 Å². The number of hydrogen-bond donors (Lipinski definition) is 2. The third kappa shape index (κ3) is 4.07. The van der Waals surface area contributed by atoms with Gasteiger partial charge in [0.1, 0.15) is 11.0 Å². The number of rotatable bonds is 7. The number of nitrogens with one attached hydrogen (secondary N) is 1. The number of nitrogens with zero attached hydrogens (tertiary/aromatic N) is 6. The van der Waals surface area contributed by atoms with E-state index in [4.69, 9.17) is 9.97 Å². The van der Waals surface area contributed by atoms with Crippen LogP contribution < -0.4 is 10.9 Å². The fraction of sp³-hybridized carbons (Fsp3) is 0.419. The summed E-state index contributed by atoms with van der Waals surface area (Å²) in [4.78, 5) is 30.1. The topological polar surface area (TPSA) is 101 Å². The molecule has 0 amide bonds. The second-order valence-corrected chi connectivity index (χ2v) is 11.6. The zero-order chi connectivity index (χ0) is 27.6. The van der Waals surface area contributed by atoms with Crippen LogP contribution in [0.5, 0.6) is 0 Å². The van der Waals surface area contributed by atoms with Gasteiger partial charge in [-0.1, -0.05) is 19.1 Å². The maximum Gasteiger partial charge on any atom is 0.278 e. The van der Waals surface area contributed by atoms with E-state index in [-0.39, 0.29) is 12.1 Å². The van der Waals surface area contributed by atoms with E-state index in [0.717, 1.165) is 37.2 Å². The number of anilines is 2. The minimum absolute atomic E-state index is 0.206. The summed E-state index contributed by atoms with van der Waals surface area (Å²) in [5.41, 5.74) is 6.33. The molecule has 0 radical (unpaired) electrons. The lowest BCUT2D eigenvalue weighted by Gasteiger charge is -2.28. The smallest absolute Gasteiger partial charge is 0.278 e. The van der Waals surface area contributed by atoms with Gasteiger partial charge in [-0.25, -0.2) is 19.3 Å². The lowest BCUT2D eigenvalue weighted by atomic mass is 9.91. The van der Waals surface area contributed by atoms with Crippen molar-refractivity contribution in [3.8, 4) is 5.82 Å². The third-order valence-corrected chi connectivity index (χ3v) is 8.83. The Hall–Kier alpha value is -3.82. The molecular weight excluding hydrogens is 502 g/mol. The van der Waals surface area contributed by atoms with Crippen molar-refractivity contribution in [2.24, 2.45) is 0 Å². The molecule has 40 heavy (non-hydrogen) atoms. The van der Waals surface area contributed by atoms with Gasteiger partial charge in [0.05, 0.1) is 12.2 Å². The molecular formula is C31H35N7O2. The first-order chi connectivity index (χ1) is 19.4. The van der Waals surface area contributed by atoms with Gasteiger partial charge >= 0.3 is 0 Å². The molecule has 1 aliphatic heterocycles. The van der Waals surface area contributed by atoms with Crippen LogP contribution in [0.25, 0.3) is 16.9 Å². The fourth-order valence-electron chi connectivity index (χ4n) is 6.45. The molecule has 0 spiro atoms. The Kier molecular flexibility index (Phi) is 5.90. The molecule has 0 bridgehead atoms. The second kappa shape index (κ2) is 9.38. The van der Waals surface area contributed by atoms with Crippen LogP contribution in [0, 0.1) is 0 Å². The minimum Gasteiger partial charge on any atom is -0.384 e. The van der Waals surface area contributed by atoms with Gasteiger partial charge in [0.2, 0.25) is 5.95 Å². The summed E-state index contributed by atoms with van der Waals surface area (Å²) in [6, 6.07) is 8.38. The fourth-order valence-corrected chi connectivity index (χ4v) is 6.45. The molecule has 9 nitrogen and oxygen atoms in total. The van der Waals surface area contributed by atoms with Crippen molar-refractivity contribution >= 4 is 22.7 Å². The Morgan fingerprint density at radius 2 is 2.05 bits per heavy atom. The van der Waals surface area contributed by atoms with Gasteiger partial charge in [-0.2, -0.15) is 4.98 Å². The molecule has 2 aliphatic carbocycles. The van der Waals surface area contributed by atoms with Crippen molar-refractivity contribution in [1.29, 1.82) is 0 Å². The number of pyridine rings is 1. The van der Waals surface area contributed by atoms with E-state index >= 15 is 0 Å².